The number of hydrogen-bond donors (Lipinski definition) is 6. The van der Waals surface area contributed by atoms with Crippen LogP contribution in [0.25, 0.3) is 0 Å². The number of amides is 5. The normalized spacial score (nSPS) is 14.9. The Balaban J connectivity index is 1.63. The van der Waals surface area contributed by atoms with Crippen LogP contribution in [-0.4, -0.2) is 95.5 Å². The van der Waals surface area contributed by atoms with Gasteiger partial charge in [-0.25, -0.2) is 9.59 Å². The first-order valence-corrected chi connectivity index (χ1v) is 17.8. The van der Waals surface area contributed by atoms with E-state index in [2.05, 4.69) is 27.8 Å². The van der Waals surface area contributed by atoms with E-state index in [1.165, 1.54) is 19.1 Å². The van der Waals surface area contributed by atoms with Crippen molar-refractivity contribution in [2.75, 3.05) is 37.0 Å². The Morgan fingerprint density at radius 3 is 2.33 bits per heavy atom. The summed E-state index contributed by atoms with van der Waals surface area (Å²) in [5.41, 5.74) is 1.93. The van der Waals surface area contributed by atoms with Crippen LogP contribution >= 0.6 is 0 Å². The summed E-state index contributed by atoms with van der Waals surface area (Å²) in [6.07, 6.45) is 2.26. The second-order valence-corrected chi connectivity index (χ2v) is 13.2. The fraction of sp³-hybridized carbons (Fsp3) is 0.474. The van der Waals surface area contributed by atoms with Gasteiger partial charge in [-0.05, 0) is 74.8 Å². The van der Waals surface area contributed by atoms with Crippen molar-refractivity contribution < 1.29 is 53.2 Å². The number of nitrogens with zero attached hydrogens (tertiary/aromatic N) is 1. The Hall–Kier alpha value is -5.64. The minimum absolute atomic E-state index is 0.0197. The van der Waals surface area contributed by atoms with Gasteiger partial charge >= 0.3 is 18.2 Å². The summed E-state index contributed by atoms with van der Waals surface area (Å²) in [5.74, 6) is -2.31. The Labute approximate surface area is 314 Å². The molecule has 2 aromatic rings. The number of carbonyl (C=O) groups excluding carboxylic acids is 5. The monoisotopic (exact) mass is 753 g/mol. The second-order valence-electron chi connectivity index (χ2n) is 13.2. The fourth-order valence-electron chi connectivity index (χ4n) is 5.58. The lowest BCUT2D eigenvalue weighted by Crippen LogP contribution is -2.53. The van der Waals surface area contributed by atoms with E-state index in [1.807, 2.05) is 0 Å². The van der Waals surface area contributed by atoms with Gasteiger partial charge in [0.25, 0.3) is 5.91 Å². The predicted octanol–water partition coefficient (Wildman–Crippen LogP) is 4.35. The van der Waals surface area contributed by atoms with Crippen LogP contribution in [0.1, 0.15) is 74.4 Å². The number of likely N-dealkylation sites (tertiary alicyclic amines) is 1. The largest absolute Gasteiger partial charge is 0.493 e. The average molecular weight is 754 g/mol. The third kappa shape index (κ3) is 13.1. The van der Waals surface area contributed by atoms with E-state index in [-0.39, 0.29) is 68.4 Å². The summed E-state index contributed by atoms with van der Waals surface area (Å²) in [6.45, 7) is 10.4. The Kier molecular flexibility index (Phi) is 16.8. The molecule has 0 unspecified atom stereocenters. The van der Waals surface area contributed by atoms with Crippen LogP contribution in [0.2, 0.25) is 0 Å². The lowest BCUT2D eigenvalue weighted by atomic mass is 10.00. The first-order chi connectivity index (χ1) is 25.7. The third-order valence-corrected chi connectivity index (χ3v) is 8.57. The molecule has 1 aliphatic heterocycles. The molecule has 54 heavy (non-hydrogen) atoms. The number of rotatable bonds is 18. The zero-order chi connectivity index (χ0) is 39.8. The summed E-state index contributed by atoms with van der Waals surface area (Å²) in [5, 5.41) is 29.3. The highest BCUT2D eigenvalue weighted by molar-refractivity contribution is 6.03. The predicted molar refractivity (Wildman–Crippen MR) is 199 cm³/mol. The summed E-state index contributed by atoms with van der Waals surface area (Å²) in [4.78, 5) is 76.9. The number of aliphatic carboxylic acids is 1. The van der Waals surface area contributed by atoms with Gasteiger partial charge in [0.05, 0.1) is 30.5 Å². The molecule has 0 aromatic heterocycles. The van der Waals surface area contributed by atoms with Crippen molar-refractivity contribution in [2.24, 2.45) is 5.92 Å². The third-order valence-electron chi connectivity index (χ3n) is 8.57. The lowest BCUT2D eigenvalue weighted by Gasteiger charge is -2.35. The topological polar surface area (TPSA) is 222 Å². The van der Waals surface area contributed by atoms with Gasteiger partial charge < -0.3 is 45.3 Å². The van der Waals surface area contributed by atoms with E-state index in [1.54, 1.807) is 56.0 Å². The van der Waals surface area contributed by atoms with E-state index >= 15 is 0 Å². The molecule has 0 saturated carbocycles. The van der Waals surface area contributed by atoms with E-state index in [0.717, 1.165) is 12.8 Å². The van der Waals surface area contributed by atoms with Crippen LogP contribution in [0.5, 0.6) is 5.75 Å². The number of carbonyl (C=O) groups is 6. The summed E-state index contributed by atoms with van der Waals surface area (Å²) in [6, 6.07) is 7.31. The molecular formula is C38H51N5O11. The molecule has 0 bridgehead atoms. The highest BCUT2D eigenvalue weighted by Gasteiger charge is 2.30. The maximum absolute atomic E-state index is 13.7. The molecule has 16 nitrogen and oxygen atoms in total. The standard InChI is InChI=1S/C38H51N5O11/c1-6-17-53-38(51)42-33(23(2)3)35(48)39-25(5)34(47)40-27-14-12-26(13-15-27)22-54-37(50)41-30-20-31(52-18-9-11-32(45)46)24(4)19-29(30)36(49)43-16-8-7-10-28(43)21-44/h6,12-15,19-20,23,25,28,33,44H,1,7-11,16-18,21-22H2,2-5H3,(H,39,48)(H,40,47)(H,41,50)(H,42,51)(H,45,46)/t25-,28-,33-/m0/s1. The van der Waals surface area contributed by atoms with Crippen molar-refractivity contribution in [3.05, 3.63) is 65.7 Å². The Morgan fingerprint density at radius 1 is 0.963 bits per heavy atom. The molecule has 3 rings (SSSR count). The van der Waals surface area contributed by atoms with Crippen LogP contribution in [0.3, 0.4) is 0 Å². The Bertz CT molecular complexity index is 1650. The van der Waals surface area contributed by atoms with Gasteiger partial charge in [-0.15, -0.1) is 0 Å². The van der Waals surface area contributed by atoms with Crippen molar-refractivity contribution in [3.8, 4) is 5.75 Å². The smallest absolute Gasteiger partial charge is 0.411 e. The second kappa shape index (κ2) is 21.2. The molecule has 1 fully saturated rings. The number of aryl methyl sites for hydroxylation is 1. The summed E-state index contributed by atoms with van der Waals surface area (Å²) >= 11 is 0. The minimum Gasteiger partial charge on any atom is -0.493 e. The zero-order valence-corrected chi connectivity index (χ0v) is 31.1. The Morgan fingerprint density at radius 2 is 1.69 bits per heavy atom. The molecule has 2 aromatic carbocycles. The van der Waals surface area contributed by atoms with Gasteiger partial charge in [0.2, 0.25) is 11.8 Å². The molecular weight excluding hydrogens is 702 g/mol. The van der Waals surface area contributed by atoms with E-state index in [0.29, 0.717) is 35.5 Å². The van der Waals surface area contributed by atoms with Gasteiger partial charge in [0, 0.05) is 24.7 Å². The highest BCUT2D eigenvalue weighted by atomic mass is 16.6. The number of carboxylic acid groups (broad SMARTS) is 1. The van der Waals surface area contributed by atoms with Gasteiger partial charge in [0.15, 0.2) is 0 Å². The van der Waals surface area contributed by atoms with Crippen LogP contribution in [-0.2, 0) is 30.5 Å². The molecule has 0 spiro atoms. The SMILES string of the molecule is C=CCOC(=O)N[C@H](C(=O)N[C@@H](C)C(=O)Nc1ccc(COC(=O)Nc2cc(OCCCC(=O)O)c(C)cc2C(=O)N2CCCC[C@H]2CO)cc1)C(C)C. The van der Waals surface area contributed by atoms with Gasteiger partial charge in [-0.3, -0.25) is 24.5 Å². The number of alkyl carbamates (subject to hydrolysis) is 1. The van der Waals surface area contributed by atoms with Gasteiger partial charge in [0.1, 0.15) is 31.0 Å². The van der Waals surface area contributed by atoms with E-state index in [4.69, 9.17) is 19.3 Å². The molecule has 3 atom stereocenters. The maximum Gasteiger partial charge on any atom is 0.411 e. The average Bonchev–Trinajstić information content (AvgIpc) is 3.14. The molecule has 0 radical (unpaired) electrons. The number of benzene rings is 2. The number of hydrogen-bond acceptors (Lipinski definition) is 10. The maximum atomic E-state index is 13.7. The number of ether oxygens (including phenoxy) is 3. The van der Waals surface area contributed by atoms with Gasteiger partial charge in [-0.2, -0.15) is 0 Å². The van der Waals surface area contributed by atoms with Crippen molar-refractivity contribution in [1.82, 2.24) is 15.5 Å². The number of aliphatic hydroxyl groups excluding tert-OH is 1. The van der Waals surface area contributed by atoms with Crippen molar-refractivity contribution >= 4 is 47.3 Å². The molecule has 5 amide bonds. The van der Waals surface area contributed by atoms with Crippen LogP contribution in [0.15, 0.2) is 49.1 Å². The highest BCUT2D eigenvalue weighted by Crippen LogP contribution is 2.30. The van der Waals surface area contributed by atoms with Crippen LogP contribution in [0, 0.1) is 12.8 Å². The number of piperidine rings is 1. The first-order valence-electron chi connectivity index (χ1n) is 17.8. The number of carboxylic acids is 1. The van der Waals surface area contributed by atoms with Crippen molar-refractivity contribution in [3.63, 3.8) is 0 Å². The molecule has 1 heterocycles. The molecule has 0 aliphatic carbocycles. The lowest BCUT2D eigenvalue weighted by molar-refractivity contribution is -0.137. The first kappa shape index (κ1) is 42.8. The molecule has 16 heteroatoms. The van der Waals surface area contributed by atoms with Gasteiger partial charge in [-0.1, -0.05) is 38.6 Å². The van der Waals surface area contributed by atoms with E-state index < -0.39 is 42.1 Å². The molecule has 6 N–H and O–H groups in total. The zero-order valence-electron chi connectivity index (χ0n) is 31.1. The van der Waals surface area contributed by atoms with Crippen LogP contribution < -0.4 is 26.0 Å². The summed E-state index contributed by atoms with van der Waals surface area (Å²) < 4.78 is 16.1. The van der Waals surface area contributed by atoms with E-state index in [9.17, 15) is 33.9 Å². The van der Waals surface area contributed by atoms with Crippen molar-refractivity contribution in [2.45, 2.75) is 84.5 Å². The summed E-state index contributed by atoms with van der Waals surface area (Å²) in [7, 11) is 0. The number of nitrogens with one attached hydrogen (secondary N) is 4. The minimum atomic E-state index is -0.952. The number of anilines is 2. The fourth-order valence-corrected chi connectivity index (χ4v) is 5.58. The molecule has 294 valence electrons. The number of aliphatic hydroxyl groups is 1. The molecule has 1 aliphatic rings. The quantitative estimate of drug-likeness (QED) is 0.0928. The molecule has 1 saturated heterocycles. The van der Waals surface area contributed by atoms with Crippen molar-refractivity contribution in [1.29, 1.82) is 0 Å². The van der Waals surface area contributed by atoms with Crippen LogP contribution in [0.4, 0.5) is 21.0 Å².